The Kier molecular flexibility index (Phi) is 3.12. The summed E-state index contributed by atoms with van der Waals surface area (Å²) in [4.78, 5) is 29.2. The SMILES string of the molecule is O=c1ccn(Cc2cc3ccccc3nc2Cl)c(=O)[nH]1. The van der Waals surface area contributed by atoms with E-state index in [0.717, 1.165) is 16.5 Å². The third-order valence-electron chi connectivity index (χ3n) is 2.99. The van der Waals surface area contributed by atoms with E-state index in [-0.39, 0.29) is 6.54 Å². The molecule has 100 valence electrons. The van der Waals surface area contributed by atoms with Gasteiger partial charge in [0.2, 0.25) is 0 Å². The molecule has 1 N–H and O–H groups in total. The summed E-state index contributed by atoms with van der Waals surface area (Å²) in [5.41, 5.74) is 0.630. The minimum atomic E-state index is -0.471. The van der Waals surface area contributed by atoms with Crippen LogP contribution >= 0.6 is 11.6 Å². The van der Waals surface area contributed by atoms with Crippen LogP contribution in [0.5, 0.6) is 0 Å². The molecule has 3 aromatic rings. The van der Waals surface area contributed by atoms with Crippen molar-refractivity contribution in [3.05, 3.63) is 74.1 Å². The number of nitrogens with one attached hydrogen (secondary N) is 1. The number of benzene rings is 1. The smallest absolute Gasteiger partial charge is 0.296 e. The van der Waals surface area contributed by atoms with Crippen molar-refractivity contribution in [2.75, 3.05) is 0 Å². The second-order valence-corrected chi connectivity index (χ2v) is 4.73. The number of aromatic nitrogens is 3. The molecule has 0 atom stereocenters. The van der Waals surface area contributed by atoms with Gasteiger partial charge in [-0.3, -0.25) is 14.3 Å². The number of aromatic amines is 1. The van der Waals surface area contributed by atoms with E-state index < -0.39 is 11.2 Å². The maximum atomic E-state index is 11.7. The van der Waals surface area contributed by atoms with Gasteiger partial charge in [0.15, 0.2) is 0 Å². The molecule has 0 spiro atoms. The predicted octanol–water partition coefficient (Wildman–Crippen LogP) is 1.79. The molecule has 0 aliphatic carbocycles. The molecule has 0 saturated heterocycles. The summed E-state index contributed by atoms with van der Waals surface area (Å²) in [7, 11) is 0. The van der Waals surface area contributed by atoms with E-state index >= 15 is 0 Å². The summed E-state index contributed by atoms with van der Waals surface area (Å²) in [5.74, 6) is 0. The van der Waals surface area contributed by atoms with Crippen molar-refractivity contribution in [2.45, 2.75) is 6.54 Å². The summed E-state index contributed by atoms with van der Waals surface area (Å²) in [5, 5.41) is 1.30. The summed E-state index contributed by atoms with van der Waals surface area (Å²) >= 11 is 6.14. The lowest BCUT2D eigenvalue weighted by Gasteiger charge is -2.08. The lowest BCUT2D eigenvalue weighted by molar-refractivity contribution is 0.719. The minimum absolute atomic E-state index is 0.256. The topological polar surface area (TPSA) is 67.8 Å². The van der Waals surface area contributed by atoms with E-state index in [0.29, 0.717) is 5.15 Å². The average molecular weight is 288 g/mol. The molecule has 1 aromatic carbocycles. The molecule has 6 heteroatoms. The second kappa shape index (κ2) is 4.94. The Hall–Kier alpha value is -2.40. The highest BCUT2D eigenvalue weighted by Crippen LogP contribution is 2.20. The van der Waals surface area contributed by atoms with Gasteiger partial charge in [-0.15, -0.1) is 0 Å². The first kappa shape index (κ1) is 12.6. The number of nitrogens with zero attached hydrogens (tertiary/aromatic N) is 2. The van der Waals surface area contributed by atoms with Crippen LogP contribution in [0.25, 0.3) is 10.9 Å². The first-order valence-corrected chi connectivity index (χ1v) is 6.35. The van der Waals surface area contributed by atoms with Crippen LogP contribution in [0.3, 0.4) is 0 Å². The van der Waals surface area contributed by atoms with Crippen LogP contribution in [0.15, 0.2) is 52.2 Å². The standard InChI is InChI=1S/C14H10ClN3O2/c15-13-10(7-9-3-1-2-4-11(9)16-13)8-18-6-5-12(19)17-14(18)20/h1-7H,8H2,(H,17,19,20). The van der Waals surface area contributed by atoms with Gasteiger partial charge in [-0.25, -0.2) is 9.78 Å². The normalized spacial score (nSPS) is 10.8. The van der Waals surface area contributed by atoms with Gasteiger partial charge >= 0.3 is 5.69 Å². The third kappa shape index (κ3) is 2.35. The number of H-pyrrole nitrogens is 1. The van der Waals surface area contributed by atoms with Crippen LogP contribution in [0.1, 0.15) is 5.56 Å². The van der Waals surface area contributed by atoms with Gasteiger partial charge in [-0.05, 0) is 12.1 Å². The zero-order valence-corrected chi connectivity index (χ0v) is 11.1. The molecule has 0 saturated carbocycles. The molecular formula is C14H10ClN3O2. The Bertz CT molecular complexity index is 899. The molecule has 0 amide bonds. The van der Waals surface area contributed by atoms with Gasteiger partial charge < -0.3 is 0 Å². The molecule has 3 rings (SSSR count). The average Bonchev–Trinajstić information content (AvgIpc) is 2.42. The van der Waals surface area contributed by atoms with Crippen molar-refractivity contribution < 1.29 is 0 Å². The Morgan fingerprint density at radius 3 is 2.80 bits per heavy atom. The van der Waals surface area contributed by atoms with Crippen molar-refractivity contribution in [3.63, 3.8) is 0 Å². The summed E-state index contributed by atoms with van der Waals surface area (Å²) in [6, 6.07) is 10.8. The Morgan fingerprint density at radius 2 is 2.00 bits per heavy atom. The van der Waals surface area contributed by atoms with Crippen LogP contribution < -0.4 is 11.2 Å². The largest absolute Gasteiger partial charge is 0.328 e. The van der Waals surface area contributed by atoms with Gasteiger partial charge in [-0.1, -0.05) is 29.8 Å². The van der Waals surface area contributed by atoms with E-state index in [1.807, 2.05) is 30.3 Å². The fourth-order valence-corrected chi connectivity index (χ4v) is 2.20. The minimum Gasteiger partial charge on any atom is -0.296 e. The van der Waals surface area contributed by atoms with Crippen LogP contribution in [-0.4, -0.2) is 14.5 Å². The Balaban J connectivity index is 2.08. The van der Waals surface area contributed by atoms with E-state index in [9.17, 15) is 9.59 Å². The van der Waals surface area contributed by atoms with Gasteiger partial charge in [0.05, 0.1) is 12.1 Å². The Morgan fingerprint density at radius 1 is 1.20 bits per heavy atom. The third-order valence-corrected chi connectivity index (χ3v) is 3.31. The molecule has 0 aliphatic heterocycles. The number of rotatable bonds is 2. The molecule has 0 radical (unpaired) electrons. The molecule has 5 nitrogen and oxygen atoms in total. The highest BCUT2D eigenvalue weighted by atomic mass is 35.5. The maximum absolute atomic E-state index is 11.7. The molecule has 0 aliphatic rings. The van der Waals surface area contributed by atoms with E-state index in [2.05, 4.69) is 9.97 Å². The maximum Gasteiger partial charge on any atom is 0.328 e. The van der Waals surface area contributed by atoms with Gasteiger partial charge in [0.25, 0.3) is 5.56 Å². The van der Waals surface area contributed by atoms with Crippen molar-refractivity contribution >= 4 is 22.5 Å². The molecule has 0 bridgehead atoms. The first-order chi connectivity index (χ1) is 9.63. The van der Waals surface area contributed by atoms with Crippen molar-refractivity contribution in [1.29, 1.82) is 0 Å². The molecule has 2 heterocycles. The number of para-hydroxylation sites is 1. The fraction of sp³-hybridized carbons (Fsp3) is 0.0714. The first-order valence-electron chi connectivity index (χ1n) is 5.97. The summed E-state index contributed by atoms with van der Waals surface area (Å²) in [6.45, 7) is 0.256. The van der Waals surface area contributed by atoms with Crippen LogP contribution in [0, 0.1) is 0 Å². The van der Waals surface area contributed by atoms with Gasteiger partial charge in [0.1, 0.15) is 5.15 Å². The second-order valence-electron chi connectivity index (χ2n) is 4.37. The monoisotopic (exact) mass is 287 g/mol. The summed E-state index contributed by atoms with van der Waals surface area (Å²) in [6.07, 6.45) is 1.44. The van der Waals surface area contributed by atoms with E-state index in [1.54, 1.807) is 0 Å². The highest BCUT2D eigenvalue weighted by Gasteiger charge is 2.06. The van der Waals surface area contributed by atoms with Crippen LogP contribution in [0.2, 0.25) is 5.15 Å². The number of hydrogen-bond acceptors (Lipinski definition) is 3. The quantitative estimate of drug-likeness (QED) is 0.731. The van der Waals surface area contributed by atoms with Crippen molar-refractivity contribution in [3.8, 4) is 0 Å². The van der Waals surface area contributed by atoms with E-state index in [4.69, 9.17) is 11.6 Å². The van der Waals surface area contributed by atoms with Gasteiger partial charge in [-0.2, -0.15) is 0 Å². The molecule has 0 unspecified atom stereocenters. The van der Waals surface area contributed by atoms with Crippen LogP contribution in [-0.2, 0) is 6.54 Å². The van der Waals surface area contributed by atoms with Crippen molar-refractivity contribution in [1.82, 2.24) is 14.5 Å². The molecule has 2 aromatic heterocycles. The number of hydrogen-bond donors (Lipinski definition) is 1. The lowest BCUT2D eigenvalue weighted by atomic mass is 10.1. The Labute approximate surface area is 118 Å². The lowest BCUT2D eigenvalue weighted by Crippen LogP contribution is -2.29. The van der Waals surface area contributed by atoms with E-state index in [1.165, 1.54) is 16.8 Å². The number of halogens is 1. The highest BCUT2D eigenvalue weighted by molar-refractivity contribution is 6.30. The zero-order valence-electron chi connectivity index (χ0n) is 10.3. The molecular weight excluding hydrogens is 278 g/mol. The zero-order chi connectivity index (χ0) is 14.1. The number of fused-ring (bicyclic) bond motifs is 1. The van der Waals surface area contributed by atoms with Crippen LogP contribution in [0.4, 0.5) is 0 Å². The fourth-order valence-electron chi connectivity index (χ4n) is 2.00. The molecule has 20 heavy (non-hydrogen) atoms. The number of pyridine rings is 1. The molecule has 0 fully saturated rings. The van der Waals surface area contributed by atoms with Gasteiger partial charge in [0, 0.05) is 23.2 Å². The predicted molar refractivity (Wildman–Crippen MR) is 77.2 cm³/mol. The van der Waals surface area contributed by atoms with Crippen molar-refractivity contribution in [2.24, 2.45) is 0 Å². The summed E-state index contributed by atoms with van der Waals surface area (Å²) < 4.78 is 1.37.